The second kappa shape index (κ2) is 9.21. The molecule has 0 spiro atoms. The number of carbonyl (C=O) groups excluding carboxylic acids is 1. The van der Waals surface area contributed by atoms with Gasteiger partial charge in [-0.15, -0.1) is 0 Å². The molecule has 3 nitrogen and oxygen atoms in total. The Bertz CT molecular complexity index is 478. The summed E-state index contributed by atoms with van der Waals surface area (Å²) < 4.78 is 0. The van der Waals surface area contributed by atoms with Crippen LogP contribution in [0.5, 0.6) is 0 Å². The maximum Gasteiger partial charge on any atom is 0.223 e. The van der Waals surface area contributed by atoms with Gasteiger partial charge in [0, 0.05) is 18.2 Å². The van der Waals surface area contributed by atoms with E-state index in [0.29, 0.717) is 6.42 Å². The van der Waals surface area contributed by atoms with Crippen LogP contribution in [-0.4, -0.2) is 29.4 Å². The van der Waals surface area contributed by atoms with Gasteiger partial charge in [-0.05, 0) is 49.5 Å². The van der Waals surface area contributed by atoms with E-state index < -0.39 is 0 Å². The number of hydrogen-bond acceptors (Lipinski definition) is 3. The van der Waals surface area contributed by atoms with Gasteiger partial charge in [-0.2, -0.15) is 11.8 Å². The lowest BCUT2D eigenvalue weighted by molar-refractivity contribution is -0.127. The van der Waals surface area contributed by atoms with Crippen molar-refractivity contribution in [3.8, 4) is 0 Å². The number of amides is 1. The Labute approximate surface area is 137 Å². The van der Waals surface area contributed by atoms with Gasteiger partial charge in [-0.1, -0.05) is 30.7 Å². The van der Waals surface area contributed by atoms with Crippen LogP contribution in [0.2, 0.25) is 0 Å². The van der Waals surface area contributed by atoms with Crippen molar-refractivity contribution in [1.29, 1.82) is 0 Å². The summed E-state index contributed by atoms with van der Waals surface area (Å²) in [6, 6.07) is 8.48. The van der Waals surface area contributed by atoms with Gasteiger partial charge >= 0.3 is 0 Å². The Hall–Kier alpha value is -1.00. The molecule has 0 aromatic heterocycles. The molecule has 0 saturated heterocycles. The minimum atomic E-state index is -0.283. The number of benzene rings is 1. The average Bonchev–Trinajstić information content (AvgIpc) is 2.52. The number of aliphatic hydroxyl groups is 1. The molecule has 1 aromatic carbocycles. The summed E-state index contributed by atoms with van der Waals surface area (Å²) in [5.74, 6) is 2.24. The monoisotopic (exact) mass is 321 g/mol. The van der Waals surface area contributed by atoms with Crippen molar-refractivity contribution in [3.63, 3.8) is 0 Å². The lowest BCUT2D eigenvalue weighted by atomic mass is 9.87. The molecular weight excluding hydrogens is 294 g/mol. The van der Waals surface area contributed by atoms with Gasteiger partial charge in [0.2, 0.25) is 5.91 Å². The first kappa shape index (κ1) is 17.4. The second-order valence-electron chi connectivity index (χ2n) is 6.14. The molecule has 2 rings (SSSR count). The minimum absolute atomic E-state index is 0.0170. The summed E-state index contributed by atoms with van der Waals surface area (Å²) in [4.78, 5) is 12.0. The molecule has 2 atom stereocenters. The summed E-state index contributed by atoms with van der Waals surface area (Å²) >= 11 is 1.92. The Morgan fingerprint density at radius 1 is 1.36 bits per heavy atom. The van der Waals surface area contributed by atoms with E-state index in [4.69, 9.17) is 0 Å². The first-order chi connectivity index (χ1) is 10.7. The molecule has 1 saturated carbocycles. The van der Waals surface area contributed by atoms with Crippen LogP contribution in [0, 0.1) is 12.8 Å². The third-order valence-corrected chi connectivity index (χ3v) is 5.39. The first-order valence-corrected chi connectivity index (χ1v) is 9.40. The molecule has 2 N–H and O–H groups in total. The summed E-state index contributed by atoms with van der Waals surface area (Å²) in [7, 11) is 0. The van der Waals surface area contributed by atoms with E-state index in [1.807, 2.05) is 11.8 Å². The zero-order chi connectivity index (χ0) is 15.8. The molecule has 0 heterocycles. The van der Waals surface area contributed by atoms with Gasteiger partial charge in [0.1, 0.15) is 0 Å². The highest BCUT2D eigenvalue weighted by Crippen LogP contribution is 2.24. The first-order valence-electron chi connectivity index (χ1n) is 8.25. The van der Waals surface area contributed by atoms with Gasteiger partial charge in [-0.3, -0.25) is 4.79 Å². The number of aryl methyl sites for hydroxylation is 1. The Kier molecular flexibility index (Phi) is 7.26. The van der Waals surface area contributed by atoms with Gasteiger partial charge in [0.05, 0.1) is 6.10 Å². The Balaban J connectivity index is 1.55. The van der Waals surface area contributed by atoms with Crippen molar-refractivity contribution in [3.05, 3.63) is 35.4 Å². The van der Waals surface area contributed by atoms with Crippen LogP contribution in [0.25, 0.3) is 0 Å². The van der Waals surface area contributed by atoms with Gasteiger partial charge in [0.25, 0.3) is 0 Å². The van der Waals surface area contributed by atoms with Crippen LogP contribution in [0.4, 0.5) is 0 Å². The van der Waals surface area contributed by atoms with Crippen molar-refractivity contribution in [2.75, 3.05) is 12.3 Å². The fourth-order valence-corrected chi connectivity index (χ4v) is 3.92. The van der Waals surface area contributed by atoms with E-state index in [2.05, 4.69) is 36.5 Å². The fraction of sp³-hybridized carbons (Fsp3) is 0.611. The average molecular weight is 321 g/mol. The zero-order valence-corrected chi connectivity index (χ0v) is 14.2. The number of aliphatic hydroxyl groups excluding tert-OH is 1. The Morgan fingerprint density at radius 3 is 2.95 bits per heavy atom. The Morgan fingerprint density at radius 2 is 2.18 bits per heavy atom. The highest BCUT2D eigenvalue weighted by Gasteiger charge is 2.25. The van der Waals surface area contributed by atoms with Crippen LogP contribution in [0.3, 0.4) is 0 Å². The van der Waals surface area contributed by atoms with Crippen molar-refractivity contribution < 1.29 is 9.90 Å². The number of carbonyl (C=O) groups is 1. The molecule has 4 heteroatoms. The standard InChI is InChI=1S/C18H27NO2S/c1-14-6-2-3-7-16(14)13-22-11-5-10-19-18(21)15-8-4-9-17(20)12-15/h2-3,6-7,15,17,20H,4-5,8-13H2,1H3,(H,19,21)/t15-,17-/m0/s1. The van der Waals surface area contributed by atoms with Gasteiger partial charge in [0.15, 0.2) is 0 Å². The van der Waals surface area contributed by atoms with Crippen LogP contribution >= 0.6 is 11.8 Å². The van der Waals surface area contributed by atoms with Crippen molar-refractivity contribution in [1.82, 2.24) is 5.32 Å². The van der Waals surface area contributed by atoms with E-state index in [9.17, 15) is 9.90 Å². The predicted octanol–water partition coefficient (Wildman–Crippen LogP) is 3.29. The van der Waals surface area contributed by atoms with Gasteiger partial charge in [-0.25, -0.2) is 0 Å². The molecule has 0 bridgehead atoms. The minimum Gasteiger partial charge on any atom is -0.393 e. The largest absolute Gasteiger partial charge is 0.393 e. The SMILES string of the molecule is Cc1ccccc1CSCCCNC(=O)[C@H]1CCC[C@H](O)C1. The normalized spacial score (nSPS) is 21.5. The molecule has 1 aliphatic carbocycles. The quantitative estimate of drug-likeness (QED) is 0.758. The lowest BCUT2D eigenvalue weighted by Crippen LogP contribution is -2.35. The van der Waals surface area contributed by atoms with Crippen LogP contribution in [-0.2, 0) is 10.5 Å². The van der Waals surface area contributed by atoms with E-state index in [0.717, 1.165) is 43.7 Å². The lowest BCUT2D eigenvalue weighted by Gasteiger charge is -2.24. The number of rotatable bonds is 7. The van der Waals surface area contributed by atoms with E-state index in [-0.39, 0.29) is 17.9 Å². The van der Waals surface area contributed by atoms with Crippen LogP contribution in [0.15, 0.2) is 24.3 Å². The second-order valence-corrected chi connectivity index (χ2v) is 7.25. The van der Waals surface area contributed by atoms with Crippen molar-refractivity contribution in [2.24, 2.45) is 5.92 Å². The summed E-state index contributed by atoms with van der Waals surface area (Å²) in [5, 5.41) is 12.6. The molecule has 0 radical (unpaired) electrons. The molecule has 0 aliphatic heterocycles. The summed E-state index contributed by atoms with van der Waals surface area (Å²) in [5.41, 5.74) is 2.74. The maximum atomic E-state index is 12.0. The number of thioether (sulfide) groups is 1. The zero-order valence-electron chi connectivity index (χ0n) is 13.4. The van der Waals surface area contributed by atoms with Crippen molar-refractivity contribution >= 4 is 17.7 Å². The fourth-order valence-electron chi connectivity index (χ4n) is 2.89. The summed E-state index contributed by atoms with van der Waals surface area (Å²) in [6.45, 7) is 2.89. The number of nitrogens with one attached hydrogen (secondary N) is 1. The van der Waals surface area contributed by atoms with Gasteiger partial charge < -0.3 is 10.4 Å². The smallest absolute Gasteiger partial charge is 0.223 e. The molecular formula is C18H27NO2S. The van der Waals surface area contributed by atoms with Crippen LogP contribution < -0.4 is 5.32 Å². The molecule has 122 valence electrons. The van der Waals surface area contributed by atoms with E-state index in [1.54, 1.807) is 0 Å². The highest BCUT2D eigenvalue weighted by atomic mass is 32.2. The molecule has 22 heavy (non-hydrogen) atoms. The maximum absolute atomic E-state index is 12.0. The van der Waals surface area contributed by atoms with E-state index >= 15 is 0 Å². The molecule has 1 amide bonds. The number of hydrogen-bond donors (Lipinski definition) is 2. The molecule has 1 aromatic rings. The predicted molar refractivity (Wildman–Crippen MR) is 92.9 cm³/mol. The molecule has 1 fully saturated rings. The van der Waals surface area contributed by atoms with E-state index in [1.165, 1.54) is 11.1 Å². The van der Waals surface area contributed by atoms with Crippen LogP contribution in [0.1, 0.15) is 43.2 Å². The molecule has 0 unspecified atom stereocenters. The summed E-state index contributed by atoms with van der Waals surface area (Å²) in [6.07, 6.45) is 4.08. The third kappa shape index (κ3) is 5.65. The topological polar surface area (TPSA) is 49.3 Å². The molecule has 1 aliphatic rings. The van der Waals surface area contributed by atoms with Crippen molar-refractivity contribution in [2.45, 2.75) is 50.9 Å². The highest BCUT2D eigenvalue weighted by molar-refractivity contribution is 7.98. The third-order valence-electron chi connectivity index (χ3n) is 4.30.